The molecular weight excluding hydrogens is 405 g/mol. The molecule has 1 aliphatic heterocycles. The molecule has 0 radical (unpaired) electrons. The van der Waals surface area contributed by atoms with Gasteiger partial charge in [-0.3, -0.25) is 0 Å². The van der Waals surface area contributed by atoms with Crippen LogP contribution in [0.3, 0.4) is 0 Å². The first kappa shape index (κ1) is 23.0. The maximum atomic E-state index is 14.2. The lowest BCUT2D eigenvalue weighted by molar-refractivity contribution is -0.0411. The molecule has 1 aliphatic carbocycles. The average Bonchev–Trinajstić information content (AvgIpc) is 2.69. The van der Waals surface area contributed by atoms with Crippen LogP contribution in [0.15, 0.2) is 36.5 Å². The Hall–Kier alpha value is -2.18. The number of aromatic nitrogens is 1. The van der Waals surface area contributed by atoms with Crippen LogP contribution >= 0.6 is 0 Å². The van der Waals surface area contributed by atoms with E-state index in [1.807, 2.05) is 6.20 Å². The molecule has 1 aromatic carbocycles. The molecule has 174 valence electrons. The number of fused-ring (bicyclic) bond motifs is 1. The van der Waals surface area contributed by atoms with Gasteiger partial charge in [-0.05, 0) is 61.8 Å². The fourth-order valence-corrected chi connectivity index (χ4v) is 4.74. The molecule has 2 unspecified atom stereocenters. The van der Waals surface area contributed by atoms with Crippen molar-refractivity contribution in [3.8, 4) is 5.88 Å². The van der Waals surface area contributed by atoms with Crippen LogP contribution < -0.4 is 15.4 Å². The largest absolute Gasteiger partial charge is 0.471 e. The van der Waals surface area contributed by atoms with Crippen LogP contribution in [0.4, 0.5) is 10.1 Å². The van der Waals surface area contributed by atoms with Gasteiger partial charge in [0.05, 0.1) is 17.8 Å². The van der Waals surface area contributed by atoms with Crippen LogP contribution in [0, 0.1) is 11.2 Å². The van der Waals surface area contributed by atoms with Crippen molar-refractivity contribution in [2.24, 2.45) is 5.41 Å². The van der Waals surface area contributed by atoms with Crippen LogP contribution in [0.25, 0.3) is 0 Å². The molecule has 32 heavy (non-hydrogen) atoms. The highest BCUT2D eigenvalue weighted by Crippen LogP contribution is 2.48. The van der Waals surface area contributed by atoms with E-state index >= 15 is 0 Å². The topological polar surface area (TPSA) is 66.4 Å². The molecule has 2 aromatic rings. The minimum Gasteiger partial charge on any atom is -0.471 e. The van der Waals surface area contributed by atoms with Gasteiger partial charge >= 0.3 is 0 Å². The Morgan fingerprint density at radius 2 is 2.03 bits per heavy atom. The molecule has 0 saturated heterocycles. The van der Waals surface area contributed by atoms with Crippen molar-refractivity contribution in [1.82, 2.24) is 10.3 Å². The van der Waals surface area contributed by atoms with Gasteiger partial charge < -0.3 is 20.5 Å². The van der Waals surface area contributed by atoms with E-state index in [1.165, 1.54) is 18.1 Å². The van der Waals surface area contributed by atoms with Crippen LogP contribution in [-0.2, 0) is 6.42 Å². The number of aliphatic hydroxyl groups is 1. The number of nitrogens with zero attached hydrogens (tertiary/aromatic N) is 1. The van der Waals surface area contributed by atoms with Gasteiger partial charge in [-0.1, -0.05) is 32.9 Å². The van der Waals surface area contributed by atoms with Crippen LogP contribution in [-0.4, -0.2) is 34.4 Å². The number of para-hydroxylation sites is 1. The zero-order chi connectivity index (χ0) is 22.9. The van der Waals surface area contributed by atoms with Gasteiger partial charge in [-0.15, -0.1) is 0 Å². The summed E-state index contributed by atoms with van der Waals surface area (Å²) in [5.74, 6) is 0.403. The number of benzene rings is 1. The summed E-state index contributed by atoms with van der Waals surface area (Å²) in [7, 11) is 0. The van der Waals surface area contributed by atoms with Crippen LogP contribution in [0.5, 0.6) is 5.88 Å². The summed E-state index contributed by atoms with van der Waals surface area (Å²) in [6.07, 6.45) is 6.38. The normalized spacial score (nSPS) is 21.2. The van der Waals surface area contributed by atoms with Gasteiger partial charge in [-0.2, -0.15) is 0 Å². The van der Waals surface area contributed by atoms with Crippen molar-refractivity contribution in [3.05, 3.63) is 53.5 Å². The lowest BCUT2D eigenvalue weighted by Crippen LogP contribution is -2.51. The molecule has 2 heterocycles. The van der Waals surface area contributed by atoms with Crippen molar-refractivity contribution < 1.29 is 14.2 Å². The maximum Gasteiger partial charge on any atom is 0.218 e. The Morgan fingerprint density at radius 1 is 1.28 bits per heavy atom. The summed E-state index contributed by atoms with van der Waals surface area (Å²) in [6.45, 7) is 8.90. The van der Waals surface area contributed by atoms with E-state index in [9.17, 15) is 9.50 Å². The predicted octanol–water partition coefficient (Wildman–Crippen LogP) is 5.01. The fourth-order valence-electron chi connectivity index (χ4n) is 4.74. The third-order valence-electron chi connectivity index (χ3n) is 6.58. The summed E-state index contributed by atoms with van der Waals surface area (Å²) in [5, 5.41) is 17.2. The zero-order valence-corrected chi connectivity index (χ0v) is 19.6. The van der Waals surface area contributed by atoms with Gasteiger partial charge in [0.1, 0.15) is 11.4 Å². The highest BCUT2D eigenvalue weighted by atomic mass is 19.1. The Morgan fingerprint density at radius 3 is 2.66 bits per heavy atom. The number of halogens is 1. The molecule has 2 aliphatic rings. The highest BCUT2D eigenvalue weighted by molar-refractivity contribution is 5.45. The van der Waals surface area contributed by atoms with Crippen molar-refractivity contribution >= 4 is 5.69 Å². The van der Waals surface area contributed by atoms with E-state index in [-0.39, 0.29) is 28.9 Å². The lowest BCUT2D eigenvalue weighted by Gasteiger charge is -2.47. The molecule has 4 rings (SSSR count). The third kappa shape index (κ3) is 5.24. The molecule has 1 saturated carbocycles. The molecule has 0 amide bonds. The number of rotatable bonds is 7. The van der Waals surface area contributed by atoms with Crippen molar-refractivity contribution in [3.63, 3.8) is 0 Å². The van der Waals surface area contributed by atoms with E-state index in [4.69, 9.17) is 9.72 Å². The summed E-state index contributed by atoms with van der Waals surface area (Å²) in [6, 6.07) is 8.53. The van der Waals surface area contributed by atoms with E-state index in [1.54, 1.807) is 25.1 Å². The van der Waals surface area contributed by atoms with Gasteiger partial charge in [0.25, 0.3) is 0 Å². The number of hydrogen-bond donors (Lipinski definition) is 3. The van der Waals surface area contributed by atoms with E-state index in [0.29, 0.717) is 12.2 Å². The minimum atomic E-state index is -0.649. The van der Waals surface area contributed by atoms with E-state index < -0.39 is 6.10 Å². The van der Waals surface area contributed by atoms with Gasteiger partial charge in [0.15, 0.2) is 0 Å². The van der Waals surface area contributed by atoms with E-state index in [2.05, 4.69) is 37.5 Å². The molecule has 5 nitrogen and oxygen atoms in total. The summed E-state index contributed by atoms with van der Waals surface area (Å²) in [5.41, 5.74) is 2.72. The SMILES string of the molecule is CC(O)C(CN[C@H]1CC2(CCC2)Oc2ncc(CC(C)(C)C)cc21)Nc1ccccc1F. The number of pyridine rings is 1. The standard InChI is InChI=1S/C26H36FN3O2/c1-17(31)23(30-21-9-6-5-8-20(21)27)16-28-22-14-26(10-7-11-26)32-24-19(22)12-18(15-29-24)13-25(2,3)4/h5-6,8-9,12,15,17,22-23,28,30-31H,7,10-11,13-14,16H2,1-4H3/t17?,22-,23?/m0/s1. The number of aliphatic hydroxyl groups excluding tert-OH is 1. The number of anilines is 1. The summed E-state index contributed by atoms with van der Waals surface area (Å²) < 4.78 is 20.5. The first-order chi connectivity index (χ1) is 15.1. The highest BCUT2D eigenvalue weighted by Gasteiger charge is 2.46. The summed E-state index contributed by atoms with van der Waals surface area (Å²) >= 11 is 0. The Bertz CT molecular complexity index is 937. The van der Waals surface area contributed by atoms with Gasteiger partial charge in [0.2, 0.25) is 5.88 Å². The smallest absolute Gasteiger partial charge is 0.218 e. The molecule has 1 aromatic heterocycles. The number of hydrogen-bond acceptors (Lipinski definition) is 5. The Labute approximate surface area is 190 Å². The average molecular weight is 442 g/mol. The summed E-state index contributed by atoms with van der Waals surface area (Å²) in [4.78, 5) is 4.70. The first-order valence-electron chi connectivity index (χ1n) is 11.7. The molecular formula is C26H36FN3O2. The maximum absolute atomic E-state index is 14.2. The lowest BCUT2D eigenvalue weighted by atomic mass is 9.73. The van der Waals surface area contributed by atoms with Gasteiger partial charge in [0, 0.05) is 30.8 Å². The Kier molecular flexibility index (Phi) is 6.46. The fraction of sp³-hybridized carbons (Fsp3) is 0.577. The van der Waals surface area contributed by atoms with E-state index in [0.717, 1.165) is 37.1 Å². The Balaban J connectivity index is 1.53. The molecule has 0 bridgehead atoms. The van der Waals surface area contributed by atoms with Crippen molar-refractivity contribution in [2.75, 3.05) is 11.9 Å². The quantitative estimate of drug-likeness (QED) is 0.564. The molecule has 6 heteroatoms. The zero-order valence-electron chi connectivity index (χ0n) is 19.6. The number of nitrogens with one attached hydrogen (secondary N) is 2. The second-order valence-electron chi connectivity index (χ2n) is 10.8. The molecule has 3 atom stereocenters. The number of ether oxygens (including phenoxy) is 1. The molecule has 3 N–H and O–H groups in total. The van der Waals surface area contributed by atoms with Crippen molar-refractivity contribution in [2.45, 2.75) is 83.6 Å². The monoisotopic (exact) mass is 441 g/mol. The van der Waals surface area contributed by atoms with Gasteiger partial charge in [-0.25, -0.2) is 9.37 Å². The van der Waals surface area contributed by atoms with Crippen LogP contribution in [0.1, 0.15) is 70.5 Å². The second kappa shape index (κ2) is 8.99. The van der Waals surface area contributed by atoms with Crippen molar-refractivity contribution in [1.29, 1.82) is 0 Å². The molecule has 1 fully saturated rings. The third-order valence-corrected chi connectivity index (χ3v) is 6.58. The predicted molar refractivity (Wildman–Crippen MR) is 125 cm³/mol. The van der Waals surface area contributed by atoms with Crippen LogP contribution in [0.2, 0.25) is 0 Å². The molecule has 1 spiro atoms. The first-order valence-corrected chi connectivity index (χ1v) is 11.7. The minimum absolute atomic E-state index is 0.0788. The second-order valence-corrected chi connectivity index (χ2v) is 10.8.